The molecule has 3 aromatic rings. The molecule has 3 rings (SSSR count). The van der Waals surface area contributed by atoms with Gasteiger partial charge in [0.05, 0.1) is 10.5 Å². The highest BCUT2D eigenvalue weighted by atomic mass is 79.9. The van der Waals surface area contributed by atoms with E-state index in [1.165, 1.54) is 30.3 Å². The second-order valence-electron chi connectivity index (χ2n) is 5.08. The normalized spacial score (nSPS) is 11.4. The minimum absolute atomic E-state index is 0.0101. The molecule has 0 aliphatic carbocycles. The monoisotopic (exact) mass is 405 g/mol. The van der Waals surface area contributed by atoms with Gasteiger partial charge in [-0.25, -0.2) is 13.2 Å². The van der Waals surface area contributed by atoms with Gasteiger partial charge in [-0.05, 0) is 35.7 Å². The van der Waals surface area contributed by atoms with Crippen LogP contribution in [0.1, 0.15) is 10.4 Å². The summed E-state index contributed by atoms with van der Waals surface area (Å²) in [6.07, 6.45) is 0. The Kier molecular flexibility index (Phi) is 4.29. The smallest absolute Gasteiger partial charge is 0.335 e. The number of carboxylic acid groups (broad SMARTS) is 1. The first kappa shape index (κ1) is 16.5. The zero-order valence-corrected chi connectivity index (χ0v) is 14.6. The van der Waals surface area contributed by atoms with E-state index in [0.717, 1.165) is 9.86 Å². The number of benzene rings is 3. The molecule has 5 nitrogen and oxygen atoms in total. The van der Waals surface area contributed by atoms with E-state index in [0.29, 0.717) is 5.39 Å². The topological polar surface area (TPSA) is 83.5 Å². The van der Waals surface area contributed by atoms with Gasteiger partial charge < -0.3 is 5.11 Å². The highest BCUT2D eigenvalue weighted by Gasteiger charge is 2.19. The van der Waals surface area contributed by atoms with Crippen LogP contribution in [0.4, 0.5) is 5.69 Å². The summed E-state index contributed by atoms with van der Waals surface area (Å²) in [7, 11) is -3.86. The van der Waals surface area contributed by atoms with Gasteiger partial charge in [-0.2, -0.15) is 0 Å². The average Bonchev–Trinajstić information content (AvgIpc) is 2.55. The standard InChI is InChI=1S/C17H12BrNO4S/c18-15-8-9-16(14-7-2-1-6-13(14)15)24(22,23)19-12-5-3-4-11(10-12)17(20)21/h1-10,19H,(H,20,21). The zero-order valence-electron chi connectivity index (χ0n) is 12.2. The van der Waals surface area contributed by atoms with Crippen molar-refractivity contribution in [3.8, 4) is 0 Å². The molecule has 24 heavy (non-hydrogen) atoms. The lowest BCUT2D eigenvalue weighted by Crippen LogP contribution is -2.14. The molecule has 0 radical (unpaired) electrons. The molecule has 0 amide bonds. The van der Waals surface area contributed by atoms with Crippen LogP contribution in [0.3, 0.4) is 0 Å². The maximum absolute atomic E-state index is 12.7. The highest BCUT2D eigenvalue weighted by molar-refractivity contribution is 9.10. The Morgan fingerprint density at radius 3 is 2.38 bits per heavy atom. The van der Waals surface area contributed by atoms with Crippen LogP contribution in [0.25, 0.3) is 10.8 Å². The minimum Gasteiger partial charge on any atom is -0.478 e. The van der Waals surface area contributed by atoms with E-state index in [9.17, 15) is 13.2 Å². The molecule has 0 aliphatic heterocycles. The molecule has 122 valence electrons. The largest absolute Gasteiger partial charge is 0.478 e. The second-order valence-corrected chi connectivity index (χ2v) is 7.59. The average molecular weight is 406 g/mol. The Hall–Kier alpha value is -2.38. The lowest BCUT2D eigenvalue weighted by Gasteiger charge is -2.12. The van der Waals surface area contributed by atoms with Crippen molar-refractivity contribution in [3.05, 3.63) is 70.7 Å². The Morgan fingerprint density at radius 1 is 0.958 bits per heavy atom. The summed E-state index contributed by atoms with van der Waals surface area (Å²) < 4.78 is 28.7. The van der Waals surface area contributed by atoms with Gasteiger partial charge in [-0.15, -0.1) is 0 Å². The molecule has 0 aromatic heterocycles. The van der Waals surface area contributed by atoms with Crippen molar-refractivity contribution in [1.82, 2.24) is 0 Å². The van der Waals surface area contributed by atoms with Gasteiger partial charge in [-0.1, -0.05) is 46.3 Å². The van der Waals surface area contributed by atoms with Crippen LogP contribution in [-0.2, 0) is 10.0 Å². The van der Waals surface area contributed by atoms with Crippen molar-refractivity contribution in [3.63, 3.8) is 0 Å². The van der Waals surface area contributed by atoms with Crippen molar-refractivity contribution in [2.45, 2.75) is 4.90 Å². The molecule has 2 N–H and O–H groups in total. The Morgan fingerprint density at radius 2 is 1.67 bits per heavy atom. The lowest BCUT2D eigenvalue weighted by atomic mass is 10.1. The molecule has 0 atom stereocenters. The summed E-state index contributed by atoms with van der Waals surface area (Å²) >= 11 is 3.41. The predicted molar refractivity (Wildman–Crippen MR) is 95.9 cm³/mol. The Balaban J connectivity index is 2.08. The number of nitrogens with one attached hydrogen (secondary N) is 1. The quantitative estimate of drug-likeness (QED) is 0.684. The minimum atomic E-state index is -3.86. The van der Waals surface area contributed by atoms with Gasteiger partial charge in [0.25, 0.3) is 10.0 Å². The third-order valence-electron chi connectivity index (χ3n) is 3.48. The number of anilines is 1. The van der Waals surface area contributed by atoms with Crippen LogP contribution in [0.15, 0.2) is 70.0 Å². The molecule has 0 bridgehead atoms. The van der Waals surface area contributed by atoms with Crippen LogP contribution in [0.2, 0.25) is 0 Å². The molecule has 0 saturated heterocycles. The van der Waals surface area contributed by atoms with Crippen molar-refractivity contribution < 1.29 is 18.3 Å². The summed E-state index contributed by atoms with van der Waals surface area (Å²) in [4.78, 5) is 11.1. The van der Waals surface area contributed by atoms with Crippen LogP contribution in [0.5, 0.6) is 0 Å². The van der Waals surface area contributed by atoms with Crippen LogP contribution < -0.4 is 4.72 Å². The number of carboxylic acids is 1. The molecule has 0 aliphatic rings. The summed E-state index contributed by atoms with van der Waals surface area (Å²) in [5, 5.41) is 10.4. The number of hydrogen-bond donors (Lipinski definition) is 2. The maximum atomic E-state index is 12.7. The predicted octanol–water partition coefficient (Wildman–Crippen LogP) is 4.10. The van der Waals surface area contributed by atoms with E-state index in [1.54, 1.807) is 18.2 Å². The van der Waals surface area contributed by atoms with Crippen molar-refractivity contribution in [2.75, 3.05) is 4.72 Å². The molecule has 7 heteroatoms. The zero-order chi connectivity index (χ0) is 17.3. The van der Waals surface area contributed by atoms with Gasteiger partial charge >= 0.3 is 5.97 Å². The Labute approximate surface area is 147 Å². The molecular formula is C17H12BrNO4S. The fourth-order valence-corrected chi connectivity index (χ4v) is 4.13. The number of hydrogen-bond acceptors (Lipinski definition) is 3. The third kappa shape index (κ3) is 3.13. The SMILES string of the molecule is O=C(O)c1cccc(NS(=O)(=O)c2ccc(Br)c3ccccc23)c1. The Bertz CT molecular complexity index is 1050. The molecule has 0 fully saturated rings. The first-order chi connectivity index (χ1) is 11.4. The number of rotatable bonds is 4. The van der Waals surface area contributed by atoms with E-state index in [-0.39, 0.29) is 16.1 Å². The summed E-state index contributed by atoms with van der Waals surface area (Å²) in [6, 6.07) is 16.0. The summed E-state index contributed by atoms with van der Waals surface area (Å²) in [6.45, 7) is 0. The van der Waals surface area contributed by atoms with E-state index in [2.05, 4.69) is 20.7 Å². The van der Waals surface area contributed by atoms with Crippen molar-refractivity contribution >= 4 is 48.4 Å². The number of aromatic carboxylic acids is 1. The van der Waals surface area contributed by atoms with E-state index in [1.807, 2.05) is 12.1 Å². The molecule has 0 saturated carbocycles. The molecule has 0 spiro atoms. The van der Waals surface area contributed by atoms with Gasteiger partial charge in [0, 0.05) is 15.5 Å². The molecule has 0 heterocycles. The maximum Gasteiger partial charge on any atom is 0.335 e. The molecular weight excluding hydrogens is 394 g/mol. The second kappa shape index (κ2) is 6.26. The van der Waals surface area contributed by atoms with Crippen molar-refractivity contribution in [2.24, 2.45) is 0 Å². The number of sulfonamides is 1. The van der Waals surface area contributed by atoms with Gasteiger partial charge in [0.2, 0.25) is 0 Å². The summed E-state index contributed by atoms with van der Waals surface area (Å²) in [5.41, 5.74) is 0.206. The molecule has 0 unspecified atom stereocenters. The number of halogens is 1. The fourth-order valence-electron chi connectivity index (χ4n) is 2.39. The van der Waals surface area contributed by atoms with Crippen molar-refractivity contribution in [1.29, 1.82) is 0 Å². The van der Waals surface area contributed by atoms with Gasteiger partial charge in [0.15, 0.2) is 0 Å². The van der Waals surface area contributed by atoms with Gasteiger partial charge in [-0.3, -0.25) is 4.72 Å². The van der Waals surface area contributed by atoms with Crippen LogP contribution >= 0.6 is 15.9 Å². The van der Waals surface area contributed by atoms with Crippen LogP contribution in [0, 0.1) is 0 Å². The highest BCUT2D eigenvalue weighted by Crippen LogP contribution is 2.30. The summed E-state index contributed by atoms with van der Waals surface area (Å²) in [5.74, 6) is -1.12. The molecule has 3 aromatic carbocycles. The first-order valence-electron chi connectivity index (χ1n) is 6.92. The number of fused-ring (bicyclic) bond motifs is 1. The van der Waals surface area contributed by atoms with E-state index >= 15 is 0 Å². The third-order valence-corrected chi connectivity index (χ3v) is 5.61. The van der Waals surface area contributed by atoms with Crippen LogP contribution in [-0.4, -0.2) is 19.5 Å². The number of carbonyl (C=O) groups is 1. The van der Waals surface area contributed by atoms with Gasteiger partial charge in [0.1, 0.15) is 0 Å². The van der Waals surface area contributed by atoms with E-state index in [4.69, 9.17) is 5.11 Å². The first-order valence-corrected chi connectivity index (χ1v) is 9.19. The lowest BCUT2D eigenvalue weighted by molar-refractivity contribution is 0.0697. The van der Waals surface area contributed by atoms with E-state index < -0.39 is 16.0 Å². The fraction of sp³-hybridized carbons (Fsp3) is 0.